The molecule has 0 saturated carbocycles. The summed E-state index contributed by atoms with van der Waals surface area (Å²) in [5.74, 6) is 0.637. The molecule has 0 N–H and O–H groups in total. The van der Waals surface area contributed by atoms with Crippen LogP contribution in [0.4, 0.5) is 5.69 Å². The number of benzene rings is 2. The standard InChI is InChI=1S/C14H12BrNO3/c15-14-4-2-1-3-11(14)9-10-19-13-7-5-12(6-8-13)16(17)18/h1-8H,9-10H2. The highest BCUT2D eigenvalue weighted by molar-refractivity contribution is 9.10. The van der Waals surface area contributed by atoms with E-state index in [2.05, 4.69) is 15.9 Å². The van der Waals surface area contributed by atoms with Crippen LogP contribution in [-0.4, -0.2) is 11.5 Å². The molecule has 0 amide bonds. The van der Waals surface area contributed by atoms with Gasteiger partial charge in [-0.1, -0.05) is 34.1 Å². The number of nitro benzene ring substituents is 1. The summed E-state index contributed by atoms with van der Waals surface area (Å²) < 4.78 is 6.61. The molecule has 0 aliphatic carbocycles. The first-order chi connectivity index (χ1) is 9.16. The van der Waals surface area contributed by atoms with E-state index in [9.17, 15) is 10.1 Å². The Bertz CT molecular complexity index is 569. The van der Waals surface area contributed by atoms with Crippen LogP contribution in [0.5, 0.6) is 5.75 Å². The lowest BCUT2D eigenvalue weighted by Crippen LogP contribution is -2.01. The van der Waals surface area contributed by atoms with Gasteiger partial charge >= 0.3 is 0 Å². The molecule has 2 aromatic carbocycles. The molecule has 0 saturated heterocycles. The Labute approximate surface area is 119 Å². The number of nitrogens with zero attached hydrogens (tertiary/aromatic N) is 1. The largest absolute Gasteiger partial charge is 0.493 e. The van der Waals surface area contributed by atoms with Crippen molar-refractivity contribution >= 4 is 21.6 Å². The topological polar surface area (TPSA) is 52.4 Å². The third-order valence-electron chi connectivity index (χ3n) is 2.65. The van der Waals surface area contributed by atoms with E-state index in [1.54, 1.807) is 12.1 Å². The highest BCUT2D eigenvalue weighted by Crippen LogP contribution is 2.19. The fourth-order valence-corrected chi connectivity index (χ4v) is 2.13. The van der Waals surface area contributed by atoms with E-state index >= 15 is 0 Å². The van der Waals surface area contributed by atoms with Crippen molar-refractivity contribution in [2.24, 2.45) is 0 Å². The Hall–Kier alpha value is -1.88. The highest BCUT2D eigenvalue weighted by Gasteiger charge is 2.04. The fraction of sp³-hybridized carbons (Fsp3) is 0.143. The van der Waals surface area contributed by atoms with Crippen LogP contribution in [0.15, 0.2) is 53.0 Å². The second kappa shape index (κ2) is 6.33. The third kappa shape index (κ3) is 3.79. The van der Waals surface area contributed by atoms with Crippen LogP contribution in [-0.2, 0) is 6.42 Å². The van der Waals surface area contributed by atoms with E-state index in [1.807, 2.05) is 24.3 Å². The molecule has 0 aromatic heterocycles. The SMILES string of the molecule is O=[N+]([O-])c1ccc(OCCc2ccccc2Br)cc1. The van der Waals surface area contributed by atoms with Gasteiger partial charge in [-0.2, -0.15) is 0 Å². The average Bonchev–Trinajstić information content (AvgIpc) is 2.41. The van der Waals surface area contributed by atoms with Gasteiger partial charge in [0.1, 0.15) is 5.75 Å². The number of non-ortho nitro benzene ring substituents is 1. The number of hydrogen-bond donors (Lipinski definition) is 0. The minimum atomic E-state index is -0.426. The zero-order chi connectivity index (χ0) is 13.7. The van der Waals surface area contributed by atoms with Crippen molar-refractivity contribution in [1.29, 1.82) is 0 Å². The Balaban J connectivity index is 1.89. The van der Waals surface area contributed by atoms with Crippen molar-refractivity contribution in [2.45, 2.75) is 6.42 Å². The van der Waals surface area contributed by atoms with Crippen LogP contribution in [0.25, 0.3) is 0 Å². The van der Waals surface area contributed by atoms with E-state index < -0.39 is 4.92 Å². The van der Waals surface area contributed by atoms with Crippen LogP contribution >= 0.6 is 15.9 Å². The summed E-state index contributed by atoms with van der Waals surface area (Å²) in [5.41, 5.74) is 1.24. The highest BCUT2D eigenvalue weighted by atomic mass is 79.9. The lowest BCUT2D eigenvalue weighted by Gasteiger charge is -2.07. The van der Waals surface area contributed by atoms with E-state index in [-0.39, 0.29) is 5.69 Å². The van der Waals surface area contributed by atoms with Gasteiger partial charge in [-0.15, -0.1) is 0 Å². The molecule has 0 aliphatic rings. The van der Waals surface area contributed by atoms with Crippen molar-refractivity contribution in [3.8, 4) is 5.75 Å². The lowest BCUT2D eigenvalue weighted by atomic mass is 10.2. The first kappa shape index (κ1) is 13.5. The maximum Gasteiger partial charge on any atom is 0.269 e. The van der Waals surface area contributed by atoms with Gasteiger partial charge < -0.3 is 4.74 Å². The average molecular weight is 322 g/mol. The van der Waals surface area contributed by atoms with Crippen LogP contribution in [0.2, 0.25) is 0 Å². The zero-order valence-corrected chi connectivity index (χ0v) is 11.7. The Morgan fingerprint density at radius 1 is 1.11 bits per heavy atom. The summed E-state index contributed by atoms with van der Waals surface area (Å²) in [5, 5.41) is 10.5. The predicted octanol–water partition coefficient (Wildman–Crippen LogP) is 3.98. The van der Waals surface area contributed by atoms with Crippen LogP contribution in [0.3, 0.4) is 0 Å². The maximum atomic E-state index is 10.5. The molecule has 4 nitrogen and oxygen atoms in total. The van der Waals surface area contributed by atoms with E-state index in [1.165, 1.54) is 17.7 Å². The Morgan fingerprint density at radius 3 is 2.42 bits per heavy atom. The smallest absolute Gasteiger partial charge is 0.269 e. The Morgan fingerprint density at radius 2 is 1.79 bits per heavy atom. The second-order valence-corrected chi connectivity index (χ2v) is 4.80. The normalized spacial score (nSPS) is 10.2. The number of nitro groups is 1. The van der Waals surface area contributed by atoms with Gasteiger partial charge in [0.2, 0.25) is 0 Å². The molecule has 0 spiro atoms. The summed E-state index contributed by atoms with van der Waals surface area (Å²) >= 11 is 3.48. The summed E-state index contributed by atoms with van der Waals surface area (Å²) in [4.78, 5) is 10.1. The molecule has 98 valence electrons. The molecule has 0 bridgehead atoms. The molecule has 0 aliphatic heterocycles. The molecule has 2 rings (SSSR count). The lowest BCUT2D eigenvalue weighted by molar-refractivity contribution is -0.384. The minimum Gasteiger partial charge on any atom is -0.493 e. The molecule has 0 radical (unpaired) electrons. The number of ether oxygens (including phenoxy) is 1. The quantitative estimate of drug-likeness (QED) is 0.618. The molecule has 0 heterocycles. The monoisotopic (exact) mass is 321 g/mol. The number of halogens is 1. The van der Waals surface area contributed by atoms with E-state index in [0.717, 1.165) is 10.9 Å². The first-order valence-electron chi connectivity index (χ1n) is 5.77. The van der Waals surface area contributed by atoms with Gasteiger partial charge in [-0.05, 0) is 23.8 Å². The minimum absolute atomic E-state index is 0.0677. The van der Waals surface area contributed by atoms with Crippen molar-refractivity contribution in [1.82, 2.24) is 0 Å². The van der Waals surface area contributed by atoms with Gasteiger partial charge in [0, 0.05) is 23.0 Å². The summed E-state index contributed by atoms with van der Waals surface area (Å²) in [7, 11) is 0. The summed E-state index contributed by atoms with van der Waals surface area (Å²) in [6.45, 7) is 0.528. The van der Waals surface area contributed by atoms with Crippen molar-refractivity contribution in [3.05, 3.63) is 68.7 Å². The Kier molecular flexibility index (Phi) is 4.52. The second-order valence-electron chi connectivity index (χ2n) is 3.94. The van der Waals surface area contributed by atoms with Gasteiger partial charge in [-0.3, -0.25) is 10.1 Å². The van der Waals surface area contributed by atoms with Crippen LogP contribution in [0.1, 0.15) is 5.56 Å². The van der Waals surface area contributed by atoms with Crippen molar-refractivity contribution < 1.29 is 9.66 Å². The molecular formula is C14H12BrNO3. The summed E-state index contributed by atoms with van der Waals surface area (Å²) in [6.07, 6.45) is 0.776. The molecule has 0 unspecified atom stereocenters. The molecule has 19 heavy (non-hydrogen) atoms. The third-order valence-corrected chi connectivity index (χ3v) is 3.42. The molecule has 0 atom stereocenters. The van der Waals surface area contributed by atoms with Crippen LogP contribution in [0, 0.1) is 10.1 Å². The van der Waals surface area contributed by atoms with Gasteiger partial charge in [0.25, 0.3) is 5.69 Å². The van der Waals surface area contributed by atoms with Crippen molar-refractivity contribution in [2.75, 3.05) is 6.61 Å². The van der Waals surface area contributed by atoms with E-state index in [0.29, 0.717) is 12.4 Å². The first-order valence-corrected chi connectivity index (χ1v) is 6.57. The number of rotatable bonds is 5. The predicted molar refractivity (Wildman–Crippen MR) is 76.4 cm³/mol. The fourth-order valence-electron chi connectivity index (χ4n) is 1.64. The van der Waals surface area contributed by atoms with Crippen LogP contribution < -0.4 is 4.74 Å². The van der Waals surface area contributed by atoms with Crippen molar-refractivity contribution in [3.63, 3.8) is 0 Å². The molecule has 0 fully saturated rings. The molecule has 2 aromatic rings. The van der Waals surface area contributed by atoms with Gasteiger partial charge in [0.15, 0.2) is 0 Å². The molecular weight excluding hydrogens is 310 g/mol. The van der Waals surface area contributed by atoms with Gasteiger partial charge in [-0.25, -0.2) is 0 Å². The van der Waals surface area contributed by atoms with Gasteiger partial charge in [0.05, 0.1) is 11.5 Å². The molecule has 5 heteroatoms. The summed E-state index contributed by atoms with van der Waals surface area (Å²) in [6, 6.07) is 14.1. The van der Waals surface area contributed by atoms with E-state index in [4.69, 9.17) is 4.74 Å². The zero-order valence-electron chi connectivity index (χ0n) is 10.1. The number of hydrogen-bond acceptors (Lipinski definition) is 3. The maximum absolute atomic E-state index is 10.5.